The van der Waals surface area contributed by atoms with Crippen LogP contribution in [0.2, 0.25) is 0 Å². The second-order valence-corrected chi connectivity index (χ2v) is 7.01. The summed E-state index contributed by atoms with van der Waals surface area (Å²) in [6.45, 7) is 2.01. The fourth-order valence-corrected chi connectivity index (χ4v) is 3.37. The molecule has 1 N–H and O–H groups in total. The second-order valence-electron chi connectivity index (χ2n) is 6.10. The third-order valence-corrected chi connectivity index (χ3v) is 5.02. The zero-order chi connectivity index (χ0) is 19.5. The van der Waals surface area contributed by atoms with Gasteiger partial charge in [0.1, 0.15) is 4.88 Å². The van der Waals surface area contributed by atoms with Crippen molar-refractivity contribution in [3.8, 4) is 28.2 Å². The number of thiophene rings is 1. The van der Waals surface area contributed by atoms with Crippen LogP contribution in [0.25, 0.3) is 22.2 Å². The standard InChI is InChI=1S/C21H14N4O2S/c1-13-2-6-15(7-3-13)19-24-21(27-25-19)18-17(10-11-28-18)23-20(26)16-8-4-14(12-22)5-9-16/h2-11H,1H3,(H,23,26). The van der Waals surface area contributed by atoms with E-state index in [1.807, 2.05) is 42.6 Å². The van der Waals surface area contributed by atoms with Crippen LogP contribution in [0.5, 0.6) is 0 Å². The number of rotatable bonds is 4. The lowest BCUT2D eigenvalue weighted by molar-refractivity contribution is 0.102. The minimum Gasteiger partial charge on any atom is -0.333 e. The van der Waals surface area contributed by atoms with Crippen LogP contribution in [-0.4, -0.2) is 16.0 Å². The van der Waals surface area contributed by atoms with E-state index < -0.39 is 0 Å². The molecule has 0 radical (unpaired) electrons. The molecule has 0 bridgehead atoms. The molecule has 7 heteroatoms. The van der Waals surface area contributed by atoms with Gasteiger partial charge in [-0.3, -0.25) is 4.79 Å². The molecule has 6 nitrogen and oxygen atoms in total. The number of benzene rings is 2. The van der Waals surface area contributed by atoms with Crippen LogP contribution in [0, 0.1) is 18.3 Å². The van der Waals surface area contributed by atoms with Crippen molar-refractivity contribution in [2.24, 2.45) is 0 Å². The number of aryl methyl sites for hydroxylation is 1. The Bertz CT molecular complexity index is 1170. The molecule has 2 heterocycles. The number of amides is 1. The van der Waals surface area contributed by atoms with Gasteiger partial charge in [-0.25, -0.2) is 0 Å². The highest BCUT2D eigenvalue weighted by molar-refractivity contribution is 7.14. The van der Waals surface area contributed by atoms with Gasteiger partial charge in [0.2, 0.25) is 5.82 Å². The molecule has 0 spiro atoms. The summed E-state index contributed by atoms with van der Waals surface area (Å²) in [4.78, 5) is 17.6. The highest BCUT2D eigenvalue weighted by Crippen LogP contribution is 2.34. The molecule has 0 aliphatic heterocycles. The van der Waals surface area contributed by atoms with E-state index in [0.29, 0.717) is 33.4 Å². The summed E-state index contributed by atoms with van der Waals surface area (Å²) in [7, 11) is 0. The number of hydrogen-bond acceptors (Lipinski definition) is 6. The van der Waals surface area contributed by atoms with Gasteiger partial charge in [0, 0.05) is 11.1 Å². The zero-order valence-electron chi connectivity index (χ0n) is 14.8. The molecule has 2 aromatic carbocycles. The van der Waals surface area contributed by atoms with Crippen molar-refractivity contribution in [2.45, 2.75) is 6.92 Å². The summed E-state index contributed by atoms with van der Waals surface area (Å²) >= 11 is 1.40. The molecule has 0 saturated carbocycles. The van der Waals surface area contributed by atoms with Gasteiger partial charge in [0.05, 0.1) is 17.3 Å². The molecular formula is C21H14N4O2S. The quantitative estimate of drug-likeness (QED) is 0.539. The Hall–Kier alpha value is -3.76. The van der Waals surface area contributed by atoms with Crippen molar-refractivity contribution in [2.75, 3.05) is 5.32 Å². The molecule has 4 rings (SSSR count). The topological polar surface area (TPSA) is 91.8 Å². The van der Waals surface area contributed by atoms with Gasteiger partial charge in [-0.1, -0.05) is 35.0 Å². The van der Waals surface area contributed by atoms with Gasteiger partial charge in [0.15, 0.2) is 0 Å². The number of hydrogen-bond donors (Lipinski definition) is 1. The van der Waals surface area contributed by atoms with Gasteiger partial charge < -0.3 is 9.84 Å². The van der Waals surface area contributed by atoms with E-state index in [1.165, 1.54) is 11.3 Å². The van der Waals surface area contributed by atoms with E-state index >= 15 is 0 Å². The minimum absolute atomic E-state index is 0.276. The van der Waals surface area contributed by atoms with Crippen molar-refractivity contribution in [1.29, 1.82) is 5.26 Å². The lowest BCUT2D eigenvalue weighted by Gasteiger charge is -2.04. The number of aromatic nitrogens is 2. The highest BCUT2D eigenvalue weighted by atomic mass is 32.1. The van der Waals surface area contributed by atoms with Crippen molar-refractivity contribution in [1.82, 2.24) is 10.1 Å². The Labute approximate surface area is 165 Å². The molecule has 0 fully saturated rings. The lowest BCUT2D eigenvalue weighted by Crippen LogP contribution is -2.11. The largest absolute Gasteiger partial charge is 0.333 e. The first-order chi connectivity index (χ1) is 13.6. The molecule has 0 saturated heterocycles. The van der Waals surface area contributed by atoms with Crippen molar-refractivity contribution in [3.05, 3.63) is 76.7 Å². The Kier molecular flexibility index (Phi) is 4.70. The average molecular weight is 386 g/mol. The van der Waals surface area contributed by atoms with Gasteiger partial charge in [-0.15, -0.1) is 11.3 Å². The van der Waals surface area contributed by atoms with Crippen LogP contribution in [0.1, 0.15) is 21.5 Å². The zero-order valence-corrected chi connectivity index (χ0v) is 15.7. The smallest absolute Gasteiger partial charge is 0.270 e. The first kappa shape index (κ1) is 17.6. The number of nitriles is 1. The van der Waals surface area contributed by atoms with Crippen LogP contribution in [0.15, 0.2) is 64.5 Å². The summed E-state index contributed by atoms with van der Waals surface area (Å²) in [5.41, 5.74) is 3.57. The third kappa shape index (κ3) is 3.54. The van der Waals surface area contributed by atoms with Crippen molar-refractivity contribution >= 4 is 22.9 Å². The minimum atomic E-state index is -0.276. The predicted molar refractivity (Wildman–Crippen MR) is 107 cm³/mol. The van der Waals surface area contributed by atoms with Crippen LogP contribution >= 0.6 is 11.3 Å². The Morgan fingerprint density at radius 1 is 1.11 bits per heavy atom. The Morgan fingerprint density at radius 3 is 2.57 bits per heavy atom. The Morgan fingerprint density at radius 2 is 1.86 bits per heavy atom. The first-order valence-corrected chi connectivity index (χ1v) is 9.32. The summed E-state index contributed by atoms with van der Waals surface area (Å²) in [6.07, 6.45) is 0. The normalized spacial score (nSPS) is 10.4. The number of anilines is 1. The molecule has 0 aliphatic carbocycles. The van der Waals surface area contributed by atoms with Gasteiger partial charge >= 0.3 is 0 Å². The average Bonchev–Trinajstić information content (AvgIpc) is 3.38. The number of carbonyl (C=O) groups is 1. The van der Waals surface area contributed by atoms with Crippen LogP contribution in [0.3, 0.4) is 0 Å². The summed E-state index contributed by atoms with van der Waals surface area (Å²) in [6, 6.07) is 18.1. The van der Waals surface area contributed by atoms with E-state index in [-0.39, 0.29) is 5.91 Å². The molecule has 0 atom stereocenters. The van der Waals surface area contributed by atoms with E-state index in [9.17, 15) is 4.79 Å². The van der Waals surface area contributed by atoms with Gasteiger partial charge in [-0.2, -0.15) is 10.2 Å². The molecule has 1 amide bonds. The third-order valence-electron chi connectivity index (χ3n) is 4.12. The molecule has 4 aromatic rings. The van der Waals surface area contributed by atoms with Crippen molar-refractivity contribution < 1.29 is 9.32 Å². The van der Waals surface area contributed by atoms with Crippen LogP contribution in [0.4, 0.5) is 5.69 Å². The number of carbonyl (C=O) groups excluding carboxylic acids is 1. The monoisotopic (exact) mass is 386 g/mol. The molecule has 0 aliphatic rings. The van der Waals surface area contributed by atoms with Gasteiger partial charge in [0.25, 0.3) is 11.8 Å². The SMILES string of the molecule is Cc1ccc(-c2noc(-c3sccc3NC(=O)c3ccc(C#N)cc3)n2)cc1. The summed E-state index contributed by atoms with van der Waals surface area (Å²) in [5, 5.41) is 17.6. The molecular weight excluding hydrogens is 372 g/mol. The number of nitrogens with one attached hydrogen (secondary N) is 1. The maximum Gasteiger partial charge on any atom is 0.270 e. The maximum absolute atomic E-state index is 12.5. The molecule has 28 heavy (non-hydrogen) atoms. The number of nitrogens with zero attached hydrogens (tertiary/aromatic N) is 3. The van der Waals surface area contributed by atoms with Crippen LogP contribution in [-0.2, 0) is 0 Å². The van der Waals surface area contributed by atoms with E-state index in [2.05, 4.69) is 15.5 Å². The molecule has 136 valence electrons. The molecule has 0 unspecified atom stereocenters. The Balaban J connectivity index is 1.56. The molecule has 2 aromatic heterocycles. The highest BCUT2D eigenvalue weighted by Gasteiger charge is 2.17. The van der Waals surface area contributed by atoms with E-state index in [0.717, 1.165) is 11.1 Å². The van der Waals surface area contributed by atoms with Crippen molar-refractivity contribution in [3.63, 3.8) is 0 Å². The fourth-order valence-electron chi connectivity index (χ4n) is 2.60. The second kappa shape index (κ2) is 7.47. The predicted octanol–water partition coefficient (Wildman–Crippen LogP) is 4.90. The van der Waals surface area contributed by atoms with Crippen LogP contribution < -0.4 is 5.32 Å². The van der Waals surface area contributed by atoms with E-state index in [1.54, 1.807) is 30.3 Å². The summed E-state index contributed by atoms with van der Waals surface area (Å²) < 4.78 is 5.41. The fraction of sp³-hybridized carbons (Fsp3) is 0.0476. The van der Waals surface area contributed by atoms with E-state index in [4.69, 9.17) is 9.78 Å². The lowest BCUT2D eigenvalue weighted by atomic mass is 10.1. The van der Waals surface area contributed by atoms with Gasteiger partial charge in [-0.05, 0) is 42.6 Å². The first-order valence-electron chi connectivity index (χ1n) is 8.44. The maximum atomic E-state index is 12.5. The summed E-state index contributed by atoms with van der Waals surface area (Å²) in [5.74, 6) is 0.566.